The van der Waals surface area contributed by atoms with Gasteiger partial charge in [-0.1, -0.05) is 18.1 Å². The van der Waals surface area contributed by atoms with Gasteiger partial charge in [-0.2, -0.15) is 0 Å². The van der Waals surface area contributed by atoms with E-state index in [0.29, 0.717) is 18.5 Å². The molecule has 122 valence electrons. The molecule has 0 aromatic heterocycles. The maximum atomic E-state index is 11.8. The minimum atomic E-state index is -0.0879. The largest absolute Gasteiger partial charge is 0.468 e. The fourth-order valence-corrected chi connectivity index (χ4v) is 5.49. The SMILES string of the molecule is COC(=O)CN1CCCC2=C[C@@H]3C[C@@H](CN4CCCC[C@@H]34)[C@H]21. The fraction of sp³-hybridized carbons (Fsp3) is 0.833. The average Bonchev–Trinajstić information content (AvgIpc) is 2.55. The van der Waals surface area contributed by atoms with Crippen molar-refractivity contribution < 1.29 is 9.53 Å². The van der Waals surface area contributed by atoms with E-state index in [9.17, 15) is 4.79 Å². The third-order valence-corrected chi connectivity index (χ3v) is 6.32. The number of hydrogen-bond acceptors (Lipinski definition) is 4. The number of hydrogen-bond donors (Lipinski definition) is 0. The zero-order valence-electron chi connectivity index (χ0n) is 13.7. The van der Waals surface area contributed by atoms with Gasteiger partial charge in [0.15, 0.2) is 0 Å². The van der Waals surface area contributed by atoms with E-state index in [1.165, 1.54) is 58.7 Å². The van der Waals surface area contributed by atoms with Crippen LogP contribution in [0.2, 0.25) is 0 Å². The predicted molar refractivity (Wildman–Crippen MR) is 85.5 cm³/mol. The summed E-state index contributed by atoms with van der Waals surface area (Å²) < 4.78 is 4.91. The molecule has 22 heavy (non-hydrogen) atoms. The summed E-state index contributed by atoms with van der Waals surface area (Å²) in [5.41, 5.74) is 1.63. The van der Waals surface area contributed by atoms with Crippen molar-refractivity contribution >= 4 is 5.97 Å². The topological polar surface area (TPSA) is 32.8 Å². The van der Waals surface area contributed by atoms with E-state index < -0.39 is 0 Å². The van der Waals surface area contributed by atoms with E-state index >= 15 is 0 Å². The molecule has 3 saturated heterocycles. The summed E-state index contributed by atoms with van der Waals surface area (Å²) in [6, 6.07) is 1.29. The summed E-state index contributed by atoms with van der Waals surface area (Å²) in [6.45, 7) is 4.02. The van der Waals surface area contributed by atoms with Crippen LogP contribution in [0.15, 0.2) is 11.6 Å². The van der Waals surface area contributed by atoms with E-state index in [4.69, 9.17) is 4.74 Å². The molecule has 0 radical (unpaired) electrons. The van der Waals surface area contributed by atoms with Gasteiger partial charge < -0.3 is 4.74 Å². The Labute approximate surface area is 133 Å². The van der Waals surface area contributed by atoms with E-state index in [2.05, 4.69) is 15.9 Å². The number of esters is 1. The number of rotatable bonds is 2. The zero-order valence-corrected chi connectivity index (χ0v) is 13.7. The van der Waals surface area contributed by atoms with Crippen LogP contribution >= 0.6 is 0 Å². The van der Waals surface area contributed by atoms with Crippen LogP contribution in [0, 0.1) is 11.8 Å². The summed E-state index contributed by atoms with van der Waals surface area (Å²) in [5.74, 6) is 1.39. The molecule has 1 aliphatic carbocycles. The van der Waals surface area contributed by atoms with Crippen molar-refractivity contribution in [3.63, 3.8) is 0 Å². The van der Waals surface area contributed by atoms with Gasteiger partial charge in [0, 0.05) is 18.6 Å². The molecule has 3 aliphatic heterocycles. The van der Waals surface area contributed by atoms with Crippen LogP contribution in [-0.2, 0) is 9.53 Å². The van der Waals surface area contributed by atoms with Crippen molar-refractivity contribution in [2.45, 2.75) is 50.6 Å². The molecule has 0 aromatic carbocycles. The molecule has 0 aromatic rings. The van der Waals surface area contributed by atoms with Crippen LogP contribution in [0.5, 0.6) is 0 Å². The van der Waals surface area contributed by atoms with Crippen molar-refractivity contribution in [2.75, 3.05) is 33.3 Å². The van der Waals surface area contributed by atoms with Crippen molar-refractivity contribution in [2.24, 2.45) is 11.8 Å². The molecule has 4 heteroatoms. The number of ether oxygens (including phenoxy) is 1. The van der Waals surface area contributed by atoms with Gasteiger partial charge in [0.25, 0.3) is 0 Å². The maximum Gasteiger partial charge on any atom is 0.319 e. The average molecular weight is 304 g/mol. The van der Waals surface area contributed by atoms with Crippen molar-refractivity contribution in [3.8, 4) is 0 Å². The molecule has 0 amide bonds. The lowest BCUT2D eigenvalue weighted by Gasteiger charge is -2.54. The van der Waals surface area contributed by atoms with E-state index in [1.54, 1.807) is 5.57 Å². The number of methoxy groups -OCH3 is 1. The number of carbonyl (C=O) groups is 1. The summed E-state index contributed by atoms with van der Waals surface area (Å²) in [4.78, 5) is 16.9. The molecule has 4 atom stereocenters. The fourth-order valence-electron chi connectivity index (χ4n) is 5.49. The van der Waals surface area contributed by atoms with Crippen LogP contribution in [0.1, 0.15) is 38.5 Å². The van der Waals surface area contributed by atoms with Crippen molar-refractivity contribution in [3.05, 3.63) is 11.6 Å². The first-order valence-electron chi connectivity index (χ1n) is 9.02. The number of fused-ring (bicyclic) bond motifs is 6. The number of likely N-dealkylation sites (tertiary alicyclic amines) is 1. The van der Waals surface area contributed by atoms with Crippen molar-refractivity contribution in [1.82, 2.24) is 9.80 Å². The lowest BCUT2D eigenvalue weighted by atomic mass is 9.68. The van der Waals surface area contributed by atoms with Gasteiger partial charge in [0.1, 0.15) is 0 Å². The van der Waals surface area contributed by atoms with Gasteiger partial charge in [-0.3, -0.25) is 14.6 Å². The highest BCUT2D eigenvalue weighted by molar-refractivity contribution is 5.71. The molecular weight excluding hydrogens is 276 g/mol. The van der Waals surface area contributed by atoms with Crippen LogP contribution in [0.25, 0.3) is 0 Å². The molecule has 0 spiro atoms. The van der Waals surface area contributed by atoms with Gasteiger partial charge in [0.2, 0.25) is 0 Å². The first kappa shape index (κ1) is 14.7. The second-order valence-electron chi connectivity index (χ2n) is 7.55. The van der Waals surface area contributed by atoms with Gasteiger partial charge >= 0.3 is 5.97 Å². The number of carbonyl (C=O) groups excluding carboxylic acids is 1. The van der Waals surface area contributed by atoms with E-state index in [-0.39, 0.29) is 5.97 Å². The molecule has 4 rings (SSSR count). The van der Waals surface area contributed by atoms with Gasteiger partial charge in [-0.25, -0.2) is 0 Å². The van der Waals surface area contributed by atoms with Crippen LogP contribution in [0.4, 0.5) is 0 Å². The Kier molecular flexibility index (Phi) is 3.99. The van der Waals surface area contributed by atoms with Crippen LogP contribution < -0.4 is 0 Å². The second-order valence-corrected chi connectivity index (χ2v) is 7.55. The summed E-state index contributed by atoms with van der Waals surface area (Å²) in [5, 5.41) is 0. The minimum Gasteiger partial charge on any atom is -0.468 e. The summed E-state index contributed by atoms with van der Waals surface area (Å²) in [7, 11) is 1.50. The summed E-state index contributed by atoms with van der Waals surface area (Å²) in [6.07, 6.45) is 10.5. The smallest absolute Gasteiger partial charge is 0.319 e. The molecule has 4 aliphatic rings. The Morgan fingerprint density at radius 3 is 3.09 bits per heavy atom. The normalized spacial score (nSPS) is 38.7. The number of nitrogens with zero attached hydrogens (tertiary/aromatic N) is 2. The van der Waals surface area contributed by atoms with E-state index in [1.807, 2.05) is 0 Å². The standard InChI is InChI=1S/C18H28N2O2/c1-22-17(21)12-20-8-4-5-13-9-14-10-15(18(13)20)11-19-7-3-2-6-16(14)19/h9,14-16,18H,2-8,10-12H2,1H3/t14-,15+,16+,18+/m1/s1. The second kappa shape index (κ2) is 5.97. The predicted octanol–water partition coefficient (Wildman–Crippen LogP) is 2.05. The molecule has 4 nitrogen and oxygen atoms in total. The molecule has 0 N–H and O–H groups in total. The molecule has 0 unspecified atom stereocenters. The van der Waals surface area contributed by atoms with Gasteiger partial charge in [0.05, 0.1) is 13.7 Å². The Morgan fingerprint density at radius 2 is 2.23 bits per heavy atom. The van der Waals surface area contributed by atoms with Gasteiger partial charge in [-0.05, 0) is 57.0 Å². The monoisotopic (exact) mass is 304 g/mol. The highest BCUT2D eigenvalue weighted by atomic mass is 16.5. The van der Waals surface area contributed by atoms with Crippen molar-refractivity contribution in [1.29, 1.82) is 0 Å². The lowest BCUT2D eigenvalue weighted by Crippen LogP contribution is -2.59. The lowest BCUT2D eigenvalue weighted by molar-refractivity contribution is -0.143. The molecule has 0 saturated carbocycles. The first-order valence-corrected chi connectivity index (χ1v) is 9.02. The van der Waals surface area contributed by atoms with E-state index in [0.717, 1.165) is 18.5 Å². The Balaban J connectivity index is 1.58. The number of piperidine rings is 3. The summed E-state index contributed by atoms with van der Waals surface area (Å²) >= 11 is 0. The molecule has 3 fully saturated rings. The third-order valence-electron chi connectivity index (χ3n) is 6.32. The molecule has 3 heterocycles. The Bertz CT molecular complexity index is 476. The van der Waals surface area contributed by atoms with Gasteiger partial charge in [-0.15, -0.1) is 0 Å². The quantitative estimate of drug-likeness (QED) is 0.577. The maximum absolute atomic E-state index is 11.8. The highest BCUT2D eigenvalue weighted by Gasteiger charge is 2.46. The third kappa shape index (κ3) is 2.50. The highest BCUT2D eigenvalue weighted by Crippen LogP contribution is 2.44. The molecule has 2 bridgehead atoms. The Morgan fingerprint density at radius 1 is 1.32 bits per heavy atom. The molecular formula is C18H28N2O2. The minimum absolute atomic E-state index is 0.0879. The first-order chi connectivity index (χ1) is 10.8. The van der Waals surface area contributed by atoms with Crippen LogP contribution in [-0.4, -0.2) is 61.1 Å². The zero-order chi connectivity index (χ0) is 15.1. The van der Waals surface area contributed by atoms with Crippen LogP contribution in [0.3, 0.4) is 0 Å². The Hall–Kier alpha value is -0.870.